The molecule has 2 aromatic heterocycles. The molecule has 0 amide bonds. The van der Waals surface area contributed by atoms with E-state index in [0.29, 0.717) is 51.3 Å². The zero-order valence-corrected chi connectivity index (χ0v) is 22.6. The molecule has 0 aliphatic rings. The van der Waals surface area contributed by atoms with E-state index in [-0.39, 0.29) is 24.2 Å². The van der Waals surface area contributed by atoms with Crippen molar-refractivity contribution >= 4 is 39.3 Å². The molecule has 43 heavy (non-hydrogen) atoms. The third kappa shape index (κ3) is 6.31. The van der Waals surface area contributed by atoms with Crippen molar-refractivity contribution in [1.82, 2.24) is 9.97 Å². The Morgan fingerprint density at radius 2 is 1.33 bits per heavy atom. The van der Waals surface area contributed by atoms with Gasteiger partial charge >= 0.3 is 5.69 Å². The summed E-state index contributed by atoms with van der Waals surface area (Å²) in [5, 5.41) is 34.3. The zero-order chi connectivity index (χ0) is 30.5. The summed E-state index contributed by atoms with van der Waals surface area (Å²) in [4.78, 5) is 29.4. The molecule has 2 N–H and O–H groups in total. The lowest BCUT2D eigenvalue weighted by Crippen LogP contribution is -2.23. The predicted octanol–water partition coefficient (Wildman–Crippen LogP) is 7.13. The summed E-state index contributed by atoms with van der Waals surface area (Å²) >= 11 is 0. The first-order valence-corrected chi connectivity index (χ1v) is 13.1. The topological polar surface area (TPSA) is 171 Å². The number of nitrogens with zero attached hydrogens (tertiary/aromatic N) is 4. The Morgan fingerprint density at radius 3 is 1.81 bits per heavy atom. The molecule has 0 aliphatic carbocycles. The largest absolute Gasteiger partial charge is 0.436 e. The molecule has 0 bridgehead atoms. The molecular formula is C30H24FN5O7. The van der Waals surface area contributed by atoms with Crippen LogP contribution in [0.2, 0.25) is 0 Å². The van der Waals surface area contributed by atoms with Gasteiger partial charge in [0.15, 0.2) is 11.2 Å². The minimum Gasteiger partial charge on any atom is -0.436 e. The Morgan fingerprint density at radius 1 is 0.814 bits per heavy atom. The first-order valence-electron chi connectivity index (χ1n) is 13.1. The highest BCUT2D eigenvalue weighted by Gasteiger charge is 2.20. The molecule has 0 saturated heterocycles. The number of halogens is 1. The van der Waals surface area contributed by atoms with Gasteiger partial charge in [-0.2, -0.15) is 4.39 Å². The fourth-order valence-corrected chi connectivity index (χ4v) is 4.21. The summed E-state index contributed by atoms with van der Waals surface area (Å²) in [5.74, 6) is -0.325. The number of rotatable bonds is 8. The molecule has 12 nitrogen and oxygen atoms in total. The fourth-order valence-electron chi connectivity index (χ4n) is 4.21. The molecule has 2 heterocycles. The number of aliphatic hydroxyl groups excluding tert-OH is 1. The molecule has 0 radical (unpaired) electrons. The smallest absolute Gasteiger partial charge is 0.305 e. The van der Waals surface area contributed by atoms with Gasteiger partial charge in [0, 0.05) is 29.3 Å². The molecule has 6 aromatic rings. The molecule has 1 unspecified atom stereocenters. The molecule has 13 heteroatoms. The third-order valence-corrected chi connectivity index (χ3v) is 6.49. The van der Waals surface area contributed by atoms with E-state index in [1.807, 2.05) is 31.2 Å². The number of anilines is 1. The molecule has 6 rings (SSSR count). The van der Waals surface area contributed by atoms with Crippen LogP contribution in [0.25, 0.3) is 45.1 Å². The van der Waals surface area contributed by atoms with E-state index < -0.39 is 21.4 Å². The maximum atomic E-state index is 13.2. The molecule has 0 spiro atoms. The van der Waals surface area contributed by atoms with Gasteiger partial charge < -0.3 is 19.3 Å². The Labute approximate surface area is 242 Å². The van der Waals surface area contributed by atoms with Gasteiger partial charge in [0.2, 0.25) is 17.6 Å². The van der Waals surface area contributed by atoms with Crippen LogP contribution >= 0.6 is 0 Å². The number of para-hydroxylation sites is 4. The van der Waals surface area contributed by atoms with E-state index in [4.69, 9.17) is 8.83 Å². The number of fused-ring (bicyclic) bond motifs is 2. The number of nitro benzene ring substituents is 2. The molecule has 0 fully saturated rings. The average molecular weight is 586 g/mol. The van der Waals surface area contributed by atoms with Gasteiger partial charge in [-0.15, -0.1) is 0 Å². The second-order valence-corrected chi connectivity index (χ2v) is 9.32. The van der Waals surface area contributed by atoms with Crippen molar-refractivity contribution in [2.75, 3.05) is 11.9 Å². The highest BCUT2D eigenvalue weighted by atomic mass is 19.1. The van der Waals surface area contributed by atoms with Gasteiger partial charge in [0.1, 0.15) is 16.7 Å². The zero-order valence-electron chi connectivity index (χ0n) is 22.6. The number of benzene rings is 4. The lowest BCUT2D eigenvalue weighted by Gasteiger charge is -2.15. The van der Waals surface area contributed by atoms with Crippen LogP contribution in [0.4, 0.5) is 21.5 Å². The summed E-state index contributed by atoms with van der Waals surface area (Å²) in [5.41, 5.74) is 3.12. The standard InChI is InChI=1S/C17H17N3O4.C13H7FN2O3/c1-2-12(10-21)18-13-8-7-11(9-15(13)20(22)23)17-19-14-5-3-4-6-16(14)24-17;14-9-6-5-8(7-11(9)16(17)18)13-15-10-3-1-2-4-12(10)19-13/h3-9,12,18,21H,2,10H2,1H3;1-7H. The van der Waals surface area contributed by atoms with Crippen LogP contribution in [0, 0.1) is 26.0 Å². The van der Waals surface area contributed by atoms with Crippen molar-refractivity contribution in [3.63, 3.8) is 0 Å². The monoisotopic (exact) mass is 585 g/mol. The lowest BCUT2D eigenvalue weighted by molar-refractivity contribution is -0.387. The fraction of sp³-hybridized carbons (Fsp3) is 0.133. The number of nitrogens with one attached hydrogen (secondary N) is 1. The van der Waals surface area contributed by atoms with Gasteiger partial charge in [0.25, 0.3) is 5.69 Å². The summed E-state index contributed by atoms with van der Waals surface area (Å²) in [6.07, 6.45) is 0.653. The maximum absolute atomic E-state index is 13.2. The van der Waals surface area contributed by atoms with Crippen LogP contribution < -0.4 is 5.32 Å². The van der Waals surface area contributed by atoms with Crippen molar-refractivity contribution in [1.29, 1.82) is 0 Å². The normalized spacial score (nSPS) is 11.6. The van der Waals surface area contributed by atoms with E-state index in [9.17, 15) is 29.7 Å². The molecule has 1 atom stereocenters. The first kappa shape index (κ1) is 28.8. The van der Waals surface area contributed by atoms with E-state index in [1.54, 1.807) is 36.4 Å². The number of aromatic nitrogens is 2. The van der Waals surface area contributed by atoms with Crippen LogP contribution in [-0.4, -0.2) is 37.6 Å². The summed E-state index contributed by atoms with van der Waals surface area (Å²) in [7, 11) is 0. The Balaban J connectivity index is 0.000000176. The van der Waals surface area contributed by atoms with Crippen molar-refractivity contribution in [2.24, 2.45) is 0 Å². The minimum absolute atomic E-state index is 0.0818. The Kier molecular flexibility index (Phi) is 8.34. The van der Waals surface area contributed by atoms with E-state index in [2.05, 4.69) is 15.3 Å². The van der Waals surface area contributed by atoms with Crippen LogP contribution in [0.5, 0.6) is 0 Å². The molecule has 218 valence electrons. The number of nitro groups is 2. The summed E-state index contributed by atoms with van der Waals surface area (Å²) in [6.45, 7) is 1.80. The Hall–Kier alpha value is -5.69. The van der Waals surface area contributed by atoms with Crippen LogP contribution in [-0.2, 0) is 0 Å². The number of hydrogen-bond donors (Lipinski definition) is 2. The van der Waals surface area contributed by atoms with Gasteiger partial charge in [-0.05, 0) is 55.0 Å². The van der Waals surface area contributed by atoms with E-state index in [1.165, 1.54) is 12.1 Å². The van der Waals surface area contributed by atoms with Crippen LogP contribution in [0.15, 0.2) is 93.8 Å². The minimum atomic E-state index is -0.884. The molecule has 0 saturated carbocycles. The maximum Gasteiger partial charge on any atom is 0.305 e. The number of hydrogen-bond acceptors (Lipinski definition) is 10. The lowest BCUT2D eigenvalue weighted by atomic mass is 10.1. The highest BCUT2D eigenvalue weighted by molar-refractivity contribution is 5.78. The second-order valence-electron chi connectivity index (χ2n) is 9.32. The average Bonchev–Trinajstić information content (AvgIpc) is 3.65. The third-order valence-electron chi connectivity index (χ3n) is 6.49. The molecular weight excluding hydrogens is 561 g/mol. The van der Waals surface area contributed by atoms with Crippen LogP contribution in [0.3, 0.4) is 0 Å². The Bertz CT molecular complexity index is 1870. The van der Waals surface area contributed by atoms with Crippen molar-refractivity contribution < 1.29 is 28.2 Å². The quantitative estimate of drug-likeness (QED) is 0.138. The summed E-state index contributed by atoms with van der Waals surface area (Å²) < 4.78 is 24.4. The van der Waals surface area contributed by atoms with Crippen LogP contribution in [0.1, 0.15) is 13.3 Å². The highest BCUT2D eigenvalue weighted by Crippen LogP contribution is 2.32. The molecule has 0 aliphatic heterocycles. The van der Waals surface area contributed by atoms with Crippen molar-refractivity contribution in [2.45, 2.75) is 19.4 Å². The van der Waals surface area contributed by atoms with E-state index >= 15 is 0 Å². The number of oxazole rings is 2. The van der Waals surface area contributed by atoms with Gasteiger partial charge in [-0.25, -0.2) is 9.97 Å². The predicted molar refractivity (Wildman–Crippen MR) is 157 cm³/mol. The van der Waals surface area contributed by atoms with Crippen molar-refractivity contribution in [3.05, 3.63) is 111 Å². The SMILES string of the molecule is CCC(CO)Nc1ccc(-c2nc3ccccc3o2)cc1[N+](=O)[O-].O=[N+]([O-])c1cc(-c2nc3ccccc3o2)ccc1F. The first-order chi connectivity index (χ1) is 20.8. The van der Waals surface area contributed by atoms with Gasteiger partial charge in [0.05, 0.1) is 16.5 Å². The van der Waals surface area contributed by atoms with E-state index in [0.717, 1.165) is 12.1 Å². The second kappa shape index (κ2) is 12.4. The van der Waals surface area contributed by atoms with Crippen molar-refractivity contribution in [3.8, 4) is 22.9 Å². The molecule has 4 aromatic carbocycles. The van der Waals surface area contributed by atoms with Gasteiger partial charge in [-0.1, -0.05) is 31.2 Å². The number of aliphatic hydroxyl groups is 1. The summed E-state index contributed by atoms with van der Waals surface area (Å²) in [6, 6.07) is 22.5. The van der Waals surface area contributed by atoms with Gasteiger partial charge in [-0.3, -0.25) is 20.2 Å².